The highest BCUT2D eigenvalue weighted by atomic mass is 79.9. The molecule has 1 saturated heterocycles. The number of ether oxygens (including phenoxy) is 1. The molecule has 1 aliphatic heterocycles. The molecule has 1 aliphatic rings. The number of aliphatic hydroxyl groups is 1. The molecule has 2 heterocycles. The highest BCUT2D eigenvalue weighted by Crippen LogP contribution is 2.31. The Balaban J connectivity index is 2.12. The van der Waals surface area contributed by atoms with Gasteiger partial charge in [0, 0.05) is 19.6 Å². The quantitative estimate of drug-likeness (QED) is 0.866. The Hall–Kier alpha value is -0.430. The van der Waals surface area contributed by atoms with Crippen LogP contribution >= 0.6 is 15.9 Å². The summed E-state index contributed by atoms with van der Waals surface area (Å²) in [5, 5.41) is 18.1. The summed E-state index contributed by atoms with van der Waals surface area (Å²) in [6.45, 7) is 4.04. The molecule has 0 aliphatic carbocycles. The van der Waals surface area contributed by atoms with Gasteiger partial charge >= 0.3 is 0 Å². The lowest BCUT2D eigenvalue weighted by Crippen LogP contribution is -2.45. The van der Waals surface area contributed by atoms with Gasteiger partial charge in [0.25, 0.3) is 0 Å². The van der Waals surface area contributed by atoms with E-state index in [-0.39, 0.29) is 6.04 Å². The molecule has 5 nitrogen and oxygen atoms in total. The fraction of sp³-hybridized carbons (Fsp3) is 0.727. The number of halogens is 1. The lowest BCUT2D eigenvalue weighted by molar-refractivity contribution is -0.00225. The molecule has 0 spiro atoms. The largest absolute Gasteiger partial charge is 0.384 e. The van der Waals surface area contributed by atoms with Crippen LogP contribution in [-0.4, -0.2) is 40.7 Å². The van der Waals surface area contributed by atoms with E-state index in [9.17, 15) is 5.11 Å². The van der Waals surface area contributed by atoms with E-state index in [4.69, 9.17) is 4.74 Å². The van der Waals surface area contributed by atoms with Gasteiger partial charge in [-0.15, -0.1) is 0 Å². The van der Waals surface area contributed by atoms with Crippen LogP contribution < -0.4 is 5.32 Å². The Morgan fingerprint density at radius 2 is 2.53 bits per heavy atom. The molecule has 6 heteroatoms. The van der Waals surface area contributed by atoms with E-state index in [1.54, 1.807) is 10.9 Å². The zero-order valence-electron chi connectivity index (χ0n) is 10.1. The summed E-state index contributed by atoms with van der Waals surface area (Å²) in [5.41, 5.74) is -0.132. The summed E-state index contributed by atoms with van der Waals surface area (Å²) < 4.78 is 7.94. The van der Waals surface area contributed by atoms with Crippen LogP contribution in [0.1, 0.15) is 19.0 Å². The standard InChI is InChI=1S/C11H18BrN3O2/c1-11(16,5-8-7-17-4-3-13-8)10-9(12)6-14-15(10)2/h6,8,13,16H,3-5,7H2,1-2H3. The molecule has 2 unspecified atom stereocenters. The minimum atomic E-state index is -0.928. The van der Waals surface area contributed by atoms with Crippen LogP contribution in [0.3, 0.4) is 0 Å². The average molecular weight is 304 g/mol. The van der Waals surface area contributed by atoms with Gasteiger partial charge in [0.15, 0.2) is 0 Å². The normalized spacial score (nSPS) is 24.6. The number of nitrogens with zero attached hydrogens (tertiary/aromatic N) is 2. The first-order chi connectivity index (χ1) is 8.00. The maximum Gasteiger partial charge on any atom is 0.106 e. The van der Waals surface area contributed by atoms with Crippen molar-refractivity contribution in [2.24, 2.45) is 7.05 Å². The first-order valence-electron chi connectivity index (χ1n) is 5.72. The summed E-state index contributed by atoms with van der Waals surface area (Å²) in [5.74, 6) is 0. The second-order valence-electron chi connectivity index (χ2n) is 4.67. The molecule has 17 heavy (non-hydrogen) atoms. The second-order valence-corrected chi connectivity index (χ2v) is 5.52. The predicted octanol–water partition coefficient (Wildman–Crippen LogP) is 0.769. The van der Waals surface area contributed by atoms with E-state index < -0.39 is 5.60 Å². The van der Waals surface area contributed by atoms with Crippen LogP contribution in [0.4, 0.5) is 0 Å². The van der Waals surface area contributed by atoms with E-state index in [1.807, 2.05) is 14.0 Å². The highest BCUT2D eigenvalue weighted by molar-refractivity contribution is 9.10. The average Bonchev–Trinajstić information content (AvgIpc) is 2.59. The predicted molar refractivity (Wildman–Crippen MR) is 67.7 cm³/mol. The van der Waals surface area contributed by atoms with Gasteiger partial charge in [-0.1, -0.05) is 0 Å². The minimum absolute atomic E-state index is 0.181. The van der Waals surface area contributed by atoms with Crippen molar-refractivity contribution >= 4 is 15.9 Å². The maximum absolute atomic E-state index is 10.6. The van der Waals surface area contributed by atoms with Crippen molar-refractivity contribution in [1.82, 2.24) is 15.1 Å². The van der Waals surface area contributed by atoms with E-state index in [1.165, 1.54) is 0 Å². The number of nitrogens with one attached hydrogen (secondary N) is 1. The molecule has 0 bridgehead atoms. The maximum atomic E-state index is 10.6. The van der Waals surface area contributed by atoms with Gasteiger partial charge in [-0.05, 0) is 29.3 Å². The summed E-state index contributed by atoms with van der Waals surface area (Å²) >= 11 is 3.42. The zero-order valence-corrected chi connectivity index (χ0v) is 11.7. The second kappa shape index (κ2) is 5.06. The summed E-state index contributed by atoms with van der Waals surface area (Å²) in [7, 11) is 1.83. The third kappa shape index (κ3) is 2.88. The molecule has 0 saturated carbocycles. The van der Waals surface area contributed by atoms with Crippen LogP contribution in [0.2, 0.25) is 0 Å². The molecule has 2 N–H and O–H groups in total. The highest BCUT2D eigenvalue weighted by Gasteiger charge is 2.33. The van der Waals surface area contributed by atoms with E-state index in [0.717, 1.165) is 23.3 Å². The Bertz CT molecular complexity index is 367. The smallest absolute Gasteiger partial charge is 0.106 e. The number of hydrogen-bond acceptors (Lipinski definition) is 4. The van der Waals surface area contributed by atoms with Crippen molar-refractivity contribution in [3.63, 3.8) is 0 Å². The fourth-order valence-corrected chi connectivity index (χ4v) is 3.12. The summed E-state index contributed by atoms with van der Waals surface area (Å²) in [4.78, 5) is 0. The van der Waals surface area contributed by atoms with Crippen molar-refractivity contribution < 1.29 is 9.84 Å². The number of aryl methyl sites for hydroxylation is 1. The Labute approximate surface area is 109 Å². The van der Waals surface area contributed by atoms with Gasteiger partial charge in [0.05, 0.1) is 29.6 Å². The van der Waals surface area contributed by atoms with Gasteiger partial charge in [0.1, 0.15) is 5.60 Å². The molecule has 0 amide bonds. The number of rotatable bonds is 3. The van der Waals surface area contributed by atoms with Crippen molar-refractivity contribution in [2.75, 3.05) is 19.8 Å². The number of morpholine rings is 1. The van der Waals surface area contributed by atoms with E-state index in [2.05, 4.69) is 26.3 Å². The van der Waals surface area contributed by atoms with Gasteiger partial charge in [-0.2, -0.15) is 5.10 Å². The zero-order chi connectivity index (χ0) is 12.5. The first kappa shape index (κ1) is 13.0. The van der Waals surface area contributed by atoms with Crippen LogP contribution in [0, 0.1) is 0 Å². The SMILES string of the molecule is Cn1ncc(Br)c1C(C)(O)CC1COCCN1. The van der Waals surface area contributed by atoms with Crippen molar-refractivity contribution in [3.05, 3.63) is 16.4 Å². The number of hydrogen-bond donors (Lipinski definition) is 2. The molecule has 0 radical (unpaired) electrons. The summed E-state index contributed by atoms with van der Waals surface area (Å²) in [6, 6.07) is 0.181. The molecule has 2 atom stereocenters. The van der Waals surface area contributed by atoms with Crippen molar-refractivity contribution in [2.45, 2.75) is 25.0 Å². The van der Waals surface area contributed by atoms with Crippen LogP contribution in [0.25, 0.3) is 0 Å². The summed E-state index contributed by atoms with van der Waals surface area (Å²) in [6.07, 6.45) is 2.31. The Kier molecular flexibility index (Phi) is 3.87. The molecule has 2 rings (SSSR count). The molecule has 96 valence electrons. The third-order valence-corrected chi connectivity index (χ3v) is 3.63. The van der Waals surface area contributed by atoms with Crippen molar-refractivity contribution in [3.8, 4) is 0 Å². The molecular formula is C11H18BrN3O2. The monoisotopic (exact) mass is 303 g/mol. The van der Waals surface area contributed by atoms with Crippen LogP contribution in [0.15, 0.2) is 10.7 Å². The molecular weight excluding hydrogens is 286 g/mol. The lowest BCUT2D eigenvalue weighted by Gasteiger charge is -2.31. The van der Waals surface area contributed by atoms with Crippen molar-refractivity contribution in [1.29, 1.82) is 0 Å². The molecule has 1 fully saturated rings. The van der Waals surface area contributed by atoms with Crippen LogP contribution in [0.5, 0.6) is 0 Å². The molecule has 1 aromatic rings. The molecule has 0 aromatic carbocycles. The fourth-order valence-electron chi connectivity index (χ4n) is 2.34. The minimum Gasteiger partial charge on any atom is -0.384 e. The van der Waals surface area contributed by atoms with E-state index in [0.29, 0.717) is 13.0 Å². The van der Waals surface area contributed by atoms with Gasteiger partial charge in [-0.3, -0.25) is 4.68 Å². The van der Waals surface area contributed by atoms with Gasteiger partial charge < -0.3 is 15.2 Å². The first-order valence-corrected chi connectivity index (χ1v) is 6.51. The Morgan fingerprint density at radius 1 is 1.76 bits per heavy atom. The van der Waals surface area contributed by atoms with Crippen LogP contribution in [-0.2, 0) is 17.4 Å². The van der Waals surface area contributed by atoms with E-state index >= 15 is 0 Å². The van der Waals surface area contributed by atoms with Gasteiger partial charge in [-0.25, -0.2) is 0 Å². The molecule has 1 aromatic heterocycles. The number of aromatic nitrogens is 2. The van der Waals surface area contributed by atoms with Gasteiger partial charge in [0.2, 0.25) is 0 Å². The third-order valence-electron chi connectivity index (χ3n) is 3.05. The Morgan fingerprint density at radius 3 is 3.06 bits per heavy atom. The lowest BCUT2D eigenvalue weighted by atomic mass is 9.93. The topological polar surface area (TPSA) is 59.3 Å².